The van der Waals surface area contributed by atoms with Crippen molar-refractivity contribution in [1.82, 2.24) is 0 Å². The van der Waals surface area contributed by atoms with Crippen molar-refractivity contribution in [2.45, 2.75) is 160 Å². The smallest absolute Gasteiger partial charge is 0.0114 e. The summed E-state index contributed by atoms with van der Waals surface area (Å²) < 4.78 is 0. The minimum Gasteiger partial charge on any atom is -0.0619 e. The van der Waals surface area contributed by atoms with Crippen molar-refractivity contribution in [3.05, 3.63) is 0 Å². The molecule has 0 nitrogen and oxygen atoms in total. The predicted octanol–water partition coefficient (Wildman–Crippen LogP) is 11.6. The van der Waals surface area contributed by atoms with E-state index in [0.717, 1.165) is 35.5 Å². The van der Waals surface area contributed by atoms with Gasteiger partial charge in [0.25, 0.3) is 0 Å². The first-order valence-corrected chi connectivity index (χ1v) is 18.3. The third-order valence-corrected chi connectivity index (χ3v) is 21.1. The van der Waals surface area contributed by atoms with Gasteiger partial charge in [-0.15, -0.1) is 0 Å². The van der Waals surface area contributed by atoms with E-state index in [4.69, 9.17) is 0 Å². The number of rotatable bonds is 3. The largest absolute Gasteiger partial charge is 0.0619 e. The van der Waals surface area contributed by atoms with E-state index >= 15 is 0 Å². The summed E-state index contributed by atoms with van der Waals surface area (Å²) in [4.78, 5) is 0. The van der Waals surface area contributed by atoms with Gasteiger partial charge >= 0.3 is 0 Å². The van der Waals surface area contributed by atoms with E-state index < -0.39 is 0 Å². The Morgan fingerprint density at radius 1 is 0.450 bits per heavy atom. The van der Waals surface area contributed by atoms with Crippen molar-refractivity contribution in [1.29, 1.82) is 0 Å². The molecular formula is C40H66. The van der Waals surface area contributed by atoms with Gasteiger partial charge in [0.2, 0.25) is 0 Å². The zero-order chi connectivity index (χ0) is 28.9. The monoisotopic (exact) mass is 547 g/mol. The highest BCUT2D eigenvalue weighted by Crippen LogP contribution is 2.97. The van der Waals surface area contributed by atoms with Gasteiger partial charge < -0.3 is 0 Å². The van der Waals surface area contributed by atoms with Gasteiger partial charge in [-0.25, -0.2) is 0 Å². The van der Waals surface area contributed by atoms with Crippen LogP contribution < -0.4 is 0 Å². The summed E-state index contributed by atoms with van der Waals surface area (Å²) in [6, 6.07) is 0. The Hall–Kier alpha value is 0. The maximum Gasteiger partial charge on any atom is -0.0114 e. The van der Waals surface area contributed by atoms with Crippen LogP contribution in [0.5, 0.6) is 0 Å². The molecule has 0 aromatic heterocycles. The van der Waals surface area contributed by atoms with Gasteiger partial charge in [-0.05, 0) is 167 Å². The molecule has 0 aromatic rings. The van der Waals surface area contributed by atoms with Gasteiger partial charge in [0.15, 0.2) is 0 Å². The van der Waals surface area contributed by atoms with Crippen LogP contribution in [-0.4, -0.2) is 0 Å². The fraction of sp³-hybridized carbons (Fsp3) is 1.00. The highest BCUT2D eigenvalue weighted by molar-refractivity contribution is 5.39. The molecule has 8 bridgehead atoms. The van der Waals surface area contributed by atoms with Crippen molar-refractivity contribution in [3.63, 3.8) is 0 Å². The quantitative estimate of drug-likeness (QED) is 0.330. The second-order valence-corrected chi connectivity index (χ2v) is 21.1. The number of hydrogen-bond donors (Lipinski definition) is 0. The molecule has 0 aromatic carbocycles. The standard InChI is InChI=1S/C40H66/c1-25-13-14-27-22-38(25,32(27,4)5)37(12)20-17-29-24-40(37,34(29,8)9)39-23-28(33(39,6)7)16-19-36(39,11)30-21-26-15-18-35(30,10)31(26,2)3/h25-30H,13-24H2,1-12H3. The van der Waals surface area contributed by atoms with Gasteiger partial charge in [0.1, 0.15) is 0 Å². The van der Waals surface area contributed by atoms with Crippen LogP contribution in [0.2, 0.25) is 0 Å². The lowest BCUT2D eigenvalue weighted by Gasteiger charge is -2.94. The average molecular weight is 547 g/mol. The molecular weight excluding hydrogens is 480 g/mol. The van der Waals surface area contributed by atoms with Crippen LogP contribution in [-0.2, 0) is 0 Å². The molecule has 11 fully saturated rings. The Bertz CT molecular complexity index is 1150. The van der Waals surface area contributed by atoms with E-state index in [1.54, 1.807) is 19.3 Å². The van der Waals surface area contributed by atoms with E-state index in [2.05, 4.69) is 83.1 Å². The summed E-state index contributed by atoms with van der Waals surface area (Å²) in [6.07, 6.45) is 18.3. The molecule has 0 N–H and O–H groups in total. The Labute approximate surface area is 249 Å². The minimum absolute atomic E-state index is 0.451. The maximum atomic E-state index is 2.98. The van der Waals surface area contributed by atoms with Crippen molar-refractivity contribution in [3.8, 4) is 0 Å². The molecule has 11 saturated carbocycles. The molecule has 0 spiro atoms. The highest BCUT2D eigenvalue weighted by atomic mass is 15.0. The first-order chi connectivity index (χ1) is 18.3. The predicted molar refractivity (Wildman–Crippen MR) is 169 cm³/mol. The molecule has 0 saturated heterocycles. The summed E-state index contributed by atoms with van der Waals surface area (Å²) in [5.41, 5.74) is 4.85. The molecule has 226 valence electrons. The van der Waals surface area contributed by atoms with E-state index in [1.807, 2.05) is 0 Å². The summed E-state index contributed by atoms with van der Waals surface area (Å²) in [5, 5.41) is 0. The number of fused-ring (bicyclic) bond motifs is 8. The van der Waals surface area contributed by atoms with Crippen LogP contribution in [0, 0.1) is 89.7 Å². The molecule has 0 aliphatic heterocycles. The Morgan fingerprint density at radius 3 is 1.48 bits per heavy atom. The van der Waals surface area contributed by atoms with Gasteiger partial charge in [-0.3, -0.25) is 0 Å². The van der Waals surface area contributed by atoms with Crippen molar-refractivity contribution < 1.29 is 0 Å². The Morgan fingerprint density at radius 2 is 0.975 bits per heavy atom. The minimum atomic E-state index is 0.451. The van der Waals surface area contributed by atoms with Crippen LogP contribution in [0.4, 0.5) is 0 Å². The molecule has 0 heterocycles. The van der Waals surface area contributed by atoms with Crippen LogP contribution in [0.15, 0.2) is 0 Å². The fourth-order valence-corrected chi connectivity index (χ4v) is 18.7. The zero-order valence-corrected chi connectivity index (χ0v) is 28.9. The van der Waals surface area contributed by atoms with Crippen molar-refractivity contribution in [2.75, 3.05) is 0 Å². The molecule has 12 atom stereocenters. The lowest BCUT2D eigenvalue weighted by atomic mass is 9.10. The van der Waals surface area contributed by atoms with Crippen LogP contribution >= 0.6 is 0 Å². The summed E-state index contributed by atoms with van der Waals surface area (Å²) >= 11 is 0. The summed E-state index contributed by atoms with van der Waals surface area (Å²) in [7, 11) is 0. The van der Waals surface area contributed by atoms with E-state index in [0.29, 0.717) is 54.1 Å². The first kappa shape index (κ1) is 27.5. The van der Waals surface area contributed by atoms with Crippen molar-refractivity contribution >= 4 is 0 Å². The molecule has 40 heavy (non-hydrogen) atoms. The second kappa shape index (κ2) is 6.95. The molecule has 11 aliphatic carbocycles. The SMILES string of the molecule is CC1CCC2CC1(C1(C)CCC3CC1(C14CC(CCC1(C)C1CC5CCC1(C)C5(C)C)C4(C)C)C3(C)C)C2(C)C. The summed E-state index contributed by atoms with van der Waals surface area (Å²) in [6.45, 7) is 33.7. The fourth-order valence-electron chi connectivity index (χ4n) is 18.7. The Balaban J connectivity index is 1.38. The molecule has 12 unspecified atom stereocenters. The zero-order valence-electron chi connectivity index (χ0n) is 28.9. The molecule has 11 aliphatic rings. The van der Waals surface area contributed by atoms with Gasteiger partial charge in [0, 0.05) is 0 Å². The maximum absolute atomic E-state index is 2.98. The normalized spacial score (nSPS) is 62.7. The molecule has 0 amide bonds. The second-order valence-electron chi connectivity index (χ2n) is 21.1. The van der Waals surface area contributed by atoms with E-state index in [-0.39, 0.29) is 0 Å². The van der Waals surface area contributed by atoms with Gasteiger partial charge in [0.05, 0.1) is 0 Å². The van der Waals surface area contributed by atoms with E-state index in [9.17, 15) is 0 Å². The van der Waals surface area contributed by atoms with Crippen molar-refractivity contribution in [2.24, 2.45) is 89.7 Å². The van der Waals surface area contributed by atoms with Crippen LogP contribution in [0.25, 0.3) is 0 Å². The van der Waals surface area contributed by atoms with Gasteiger partial charge in [-0.2, -0.15) is 0 Å². The lowest BCUT2D eigenvalue weighted by Crippen LogP contribution is -2.88. The van der Waals surface area contributed by atoms with Crippen LogP contribution in [0.3, 0.4) is 0 Å². The Kier molecular flexibility index (Phi) is 4.79. The molecule has 11 rings (SSSR count). The highest BCUT2D eigenvalue weighted by Gasteiger charge is 2.91. The molecule has 0 radical (unpaired) electrons. The lowest BCUT2D eigenvalue weighted by molar-refractivity contribution is -0.462. The topological polar surface area (TPSA) is 0 Å². The molecule has 0 heteroatoms. The average Bonchev–Trinajstić information content (AvgIpc) is 3.22. The van der Waals surface area contributed by atoms with Crippen LogP contribution in [0.1, 0.15) is 160 Å². The third kappa shape index (κ3) is 2.14. The first-order valence-electron chi connectivity index (χ1n) is 18.3. The van der Waals surface area contributed by atoms with E-state index in [1.165, 1.54) is 57.8 Å². The van der Waals surface area contributed by atoms with Gasteiger partial charge in [-0.1, -0.05) is 83.1 Å². The number of hydrogen-bond acceptors (Lipinski definition) is 0. The third-order valence-electron chi connectivity index (χ3n) is 21.1. The summed E-state index contributed by atoms with van der Waals surface area (Å²) in [5.74, 6) is 5.63.